The van der Waals surface area contributed by atoms with Crippen molar-refractivity contribution in [2.45, 2.75) is 6.42 Å². The fourth-order valence-corrected chi connectivity index (χ4v) is 7.07. The summed E-state index contributed by atoms with van der Waals surface area (Å²) in [6.07, 6.45) is 0.891. The van der Waals surface area contributed by atoms with E-state index in [4.69, 9.17) is 14.2 Å². The number of benzene rings is 5. The summed E-state index contributed by atoms with van der Waals surface area (Å²) in [6, 6.07) is 39.9. The van der Waals surface area contributed by atoms with Gasteiger partial charge in [-0.15, -0.1) is 11.3 Å². The van der Waals surface area contributed by atoms with Crippen molar-refractivity contribution in [1.82, 2.24) is 0 Å². The molecule has 214 valence electrons. The zero-order valence-corrected chi connectivity index (χ0v) is 26.2. The number of halogens is 1. The topological polar surface area (TPSA) is 44.8 Å². The van der Waals surface area contributed by atoms with Crippen LogP contribution in [0.1, 0.15) is 10.4 Å². The van der Waals surface area contributed by atoms with Crippen LogP contribution in [0.25, 0.3) is 43.5 Å². The summed E-state index contributed by atoms with van der Waals surface area (Å²) in [6.45, 7) is -0.188. The van der Waals surface area contributed by atoms with Gasteiger partial charge in [-0.05, 0) is 74.1 Å². The third-order valence-electron chi connectivity index (χ3n) is 7.39. The molecule has 0 spiro atoms. The number of carbonyl (C=O) groups excluding carboxylic acids is 1. The molecule has 0 unspecified atom stereocenters. The Hall–Kier alpha value is -4.39. The highest BCUT2D eigenvalue weighted by Gasteiger charge is 2.18. The highest BCUT2D eigenvalue weighted by molar-refractivity contribution is 9.10. The summed E-state index contributed by atoms with van der Waals surface area (Å²) in [5, 5.41) is 1.28. The largest absolute Gasteiger partial charge is 0.497 e. The first-order valence-electron chi connectivity index (χ1n) is 13.9. The summed E-state index contributed by atoms with van der Waals surface area (Å²) in [5.41, 5.74) is 7.68. The van der Waals surface area contributed by atoms with E-state index in [1.54, 1.807) is 7.11 Å². The van der Waals surface area contributed by atoms with Gasteiger partial charge in [-0.1, -0.05) is 84.9 Å². The lowest BCUT2D eigenvalue weighted by molar-refractivity contribution is -0.142. The number of ether oxygens (including phenoxy) is 3. The number of fused-ring (bicyclic) bond motifs is 1. The maximum atomic E-state index is 11.9. The quantitative estimate of drug-likeness (QED) is 0.146. The Balaban J connectivity index is 1.39. The van der Waals surface area contributed by atoms with E-state index >= 15 is 0 Å². The Morgan fingerprint density at radius 1 is 0.744 bits per heavy atom. The number of rotatable bonds is 9. The van der Waals surface area contributed by atoms with E-state index < -0.39 is 5.97 Å². The fraction of sp³-hybridized carbons (Fsp3) is 0.108. The molecule has 1 heterocycles. The molecular formula is C37H29BrO4S. The van der Waals surface area contributed by atoms with E-state index in [0.717, 1.165) is 38.9 Å². The van der Waals surface area contributed by atoms with Gasteiger partial charge < -0.3 is 14.2 Å². The minimum Gasteiger partial charge on any atom is -0.497 e. The predicted octanol–water partition coefficient (Wildman–Crippen LogP) is 9.82. The minimum absolute atomic E-state index is 0.188. The van der Waals surface area contributed by atoms with Crippen molar-refractivity contribution < 1.29 is 19.0 Å². The van der Waals surface area contributed by atoms with Gasteiger partial charge in [-0.25, -0.2) is 4.79 Å². The van der Waals surface area contributed by atoms with E-state index in [2.05, 4.69) is 101 Å². The summed E-state index contributed by atoms with van der Waals surface area (Å²) in [4.78, 5) is 13.2. The second-order valence-corrected chi connectivity index (χ2v) is 12.1. The lowest BCUT2D eigenvalue weighted by atomic mass is 9.95. The molecule has 0 amide bonds. The van der Waals surface area contributed by atoms with Gasteiger partial charge in [-0.2, -0.15) is 0 Å². The second-order valence-electron chi connectivity index (χ2n) is 10.1. The number of methoxy groups -OCH3 is 2. The first-order chi connectivity index (χ1) is 21.0. The molecule has 4 nitrogen and oxygen atoms in total. The van der Waals surface area contributed by atoms with Crippen LogP contribution in [0.3, 0.4) is 0 Å². The lowest BCUT2D eigenvalue weighted by Gasteiger charge is -2.16. The normalized spacial score (nSPS) is 11.0. The minimum atomic E-state index is -0.445. The molecule has 0 bridgehead atoms. The molecule has 5 aromatic carbocycles. The van der Waals surface area contributed by atoms with Crippen LogP contribution >= 0.6 is 27.3 Å². The van der Waals surface area contributed by atoms with Gasteiger partial charge in [0.15, 0.2) is 6.61 Å². The number of thiophene rings is 1. The zero-order chi connectivity index (χ0) is 29.8. The van der Waals surface area contributed by atoms with Crippen molar-refractivity contribution in [2.75, 3.05) is 20.8 Å². The smallest absolute Gasteiger partial charge is 0.343 e. The van der Waals surface area contributed by atoms with Crippen LogP contribution in [0, 0.1) is 0 Å². The van der Waals surface area contributed by atoms with E-state index in [0.29, 0.717) is 5.75 Å². The molecular weight excluding hydrogens is 620 g/mol. The maximum Gasteiger partial charge on any atom is 0.343 e. The summed E-state index contributed by atoms with van der Waals surface area (Å²) in [7, 11) is 2.99. The first-order valence-corrected chi connectivity index (χ1v) is 15.5. The van der Waals surface area contributed by atoms with Crippen molar-refractivity contribution in [3.8, 4) is 44.9 Å². The molecule has 0 aliphatic carbocycles. The van der Waals surface area contributed by atoms with Crippen LogP contribution < -0.4 is 9.47 Å². The highest BCUT2D eigenvalue weighted by Crippen LogP contribution is 2.43. The molecule has 43 heavy (non-hydrogen) atoms. The van der Waals surface area contributed by atoms with Gasteiger partial charge in [-0.3, -0.25) is 0 Å². The van der Waals surface area contributed by atoms with Crippen LogP contribution in [0.15, 0.2) is 120 Å². The van der Waals surface area contributed by atoms with E-state index in [1.807, 2.05) is 41.7 Å². The zero-order valence-electron chi connectivity index (χ0n) is 23.8. The Morgan fingerprint density at radius 3 is 2.14 bits per heavy atom. The molecule has 0 saturated carbocycles. The molecule has 6 rings (SSSR count). The number of hydrogen-bond donors (Lipinski definition) is 0. The average Bonchev–Trinajstić information content (AvgIpc) is 3.42. The Bertz CT molecular complexity index is 1880. The van der Waals surface area contributed by atoms with Gasteiger partial charge in [0.2, 0.25) is 0 Å². The predicted molar refractivity (Wildman–Crippen MR) is 179 cm³/mol. The molecule has 0 aliphatic rings. The molecule has 0 fully saturated rings. The van der Waals surface area contributed by atoms with Crippen molar-refractivity contribution in [3.63, 3.8) is 0 Å². The van der Waals surface area contributed by atoms with Crippen molar-refractivity contribution in [3.05, 3.63) is 130 Å². The average molecular weight is 650 g/mol. The van der Waals surface area contributed by atoms with Gasteiger partial charge in [0.05, 0.1) is 18.7 Å². The molecule has 6 heteroatoms. The van der Waals surface area contributed by atoms with E-state index in [9.17, 15) is 4.79 Å². The van der Waals surface area contributed by atoms with Gasteiger partial charge in [0, 0.05) is 32.5 Å². The number of carbonyl (C=O) groups is 1. The standard InChI is InChI=1S/C37H29BrO4S/c1-40-29-18-16-26(17-19-29)31-21-28(22-32(38)37(31)42-23-35(39)41-2)25-12-14-27(15-13-25)36-30-10-6-7-11-33(30)43-34(36)20-24-8-4-3-5-9-24/h3-19,21-22H,20,23H2,1-2H3. The molecule has 0 aliphatic heterocycles. The van der Waals surface area contributed by atoms with Gasteiger partial charge in [0.25, 0.3) is 0 Å². The molecule has 1 aromatic heterocycles. The van der Waals surface area contributed by atoms with Gasteiger partial charge >= 0.3 is 5.97 Å². The third-order valence-corrected chi connectivity index (χ3v) is 9.15. The molecule has 6 aromatic rings. The highest BCUT2D eigenvalue weighted by atomic mass is 79.9. The van der Waals surface area contributed by atoms with Crippen LogP contribution in [0.4, 0.5) is 0 Å². The Kier molecular flexibility index (Phi) is 8.59. The molecule has 0 atom stereocenters. The van der Waals surface area contributed by atoms with Crippen LogP contribution in [0.5, 0.6) is 11.5 Å². The van der Waals surface area contributed by atoms with E-state index in [-0.39, 0.29) is 6.61 Å². The fourth-order valence-electron chi connectivity index (χ4n) is 5.23. The maximum absolute atomic E-state index is 11.9. The SMILES string of the molecule is COC(=O)COc1c(Br)cc(-c2ccc(-c3c(Cc4ccccc4)sc4ccccc34)cc2)cc1-c1ccc(OC)cc1. The summed E-state index contributed by atoms with van der Waals surface area (Å²) < 4.78 is 18.1. The summed E-state index contributed by atoms with van der Waals surface area (Å²) >= 11 is 5.57. The van der Waals surface area contributed by atoms with Gasteiger partial charge in [0.1, 0.15) is 11.5 Å². The monoisotopic (exact) mass is 648 g/mol. The van der Waals surface area contributed by atoms with Crippen molar-refractivity contribution >= 4 is 43.3 Å². The molecule has 0 N–H and O–H groups in total. The van der Waals surface area contributed by atoms with E-state index in [1.165, 1.54) is 38.8 Å². The van der Waals surface area contributed by atoms with Crippen LogP contribution in [0.2, 0.25) is 0 Å². The molecule has 0 saturated heterocycles. The third kappa shape index (κ3) is 6.21. The first kappa shape index (κ1) is 28.7. The Morgan fingerprint density at radius 2 is 1.42 bits per heavy atom. The lowest BCUT2D eigenvalue weighted by Crippen LogP contribution is -2.13. The second kappa shape index (κ2) is 12.9. The van der Waals surface area contributed by atoms with Crippen molar-refractivity contribution in [2.24, 2.45) is 0 Å². The summed E-state index contributed by atoms with van der Waals surface area (Å²) in [5.74, 6) is 0.894. The molecule has 0 radical (unpaired) electrons. The van der Waals surface area contributed by atoms with Crippen molar-refractivity contribution in [1.29, 1.82) is 0 Å². The number of esters is 1. The van der Waals surface area contributed by atoms with Crippen LogP contribution in [-0.2, 0) is 16.0 Å². The number of hydrogen-bond acceptors (Lipinski definition) is 5. The Labute approximate surface area is 263 Å². The van der Waals surface area contributed by atoms with Crippen LogP contribution in [-0.4, -0.2) is 26.8 Å².